The zero-order chi connectivity index (χ0) is 24.2. The van der Waals surface area contributed by atoms with Crippen molar-refractivity contribution in [2.24, 2.45) is 5.10 Å². The van der Waals surface area contributed by atoms with Gasteiger partial charge in [0.15, 0.2) is 0 Å². The number of carbonyl (C=O) groups excluding carboxylic acids is 1. The van der Waals surface area contributed by atoms with Crippen molar-refractivity contribution in [3.63, 3.8) is 0 Å². The van der Waals surface area contributed by atoms with E-state index in [2.05, 4.69) is 20.5 Å². The summed E-state index contributed by atoms with van der Waals surface area (Å²) in [4.78, 5) is 30.5. The normalized spacial score (nSPS) is 10.6. The fourth-order valence-electron chi connectivity index (χ4n) is 3.08. The minimum Gasteiger partial charge on any atom is -0.494 e. The Morgan fingerprint density at radius 1 is 1.21 bits per heavy atom. The number of nitriles is 1. The second kappa shape index (κ2) is 12.6. The topological polar surface area (TPSA) is 129 Å². The number of anilines is 1. The summed E-state index contributed by atoms with van der Waals surface area (Å²) in [6.45, 7) is 2.66. The summed E-state index contributed by atoms with van der Waals surface area (Å²) in [5, 5.41) is 13.5. The Labute approximate surface area is 197 Å². The van der Waals surface area contributed by atoms with Crippen LogP contribution in [0.15, 0.2) is 64.5 Å². The van der Waals surface area contributed by atoms with Gasteiger partial charge in [0.1, 0.15) is 17.4 Å². The van der Waals surface area contributed by atoms with Gasteiger partial charge in [0.25, 0.3) is 5.56 Å². The molecule has 34 heavy (non-hydrogen) atoms. The SMILES string of the molecule is CCOC(=O)CCCCOc1cccc(C=NNc2nc(-c3ccccc3)c(C#N)c(=O)[nH]2)c1. The number of hydrogen-bond acceptors (Lipinski definition) is 8. The Morgan fingerprint density at radius 2 is 2.03 bits per heavy atom. The zero-order valence-electron chi connectivity index (χ0n) is 18.8. The summed E-state index contributed by atoms with van der Waals surface area (Å²) in [5.41, 5.74) is 3.80. The number of esters is 1. The molecule has 9 nitrogen and oxygen atoms in total. The lowest BCUT2D eigenvalue weighted by atomic mass is 10.1. The molecule has 0 fully saturated rings. The number of ether oxygens (including phenoxy) is 2. The molecule has 0 radical (unpaired) electrons. The molecule has 0 bridgehead atoms. The minimum atomic E-state index is -0.549. The van der Waals surface area contributed by atoms with Crippen molar-refractivity contribution >= 4 is 18.1 Å². The maximum atomic E-state index is 12.3. The highest BCUT2D eigenvalue weighted by Crippen LogP contribution is 2.19. The highest BCUT2D eigenvalue weighted by molar-refractivity contribution is 5.80. The second-order valence-electron chi connectivity index (χ2n) is 7.17. The first-order valence-corrected chi connectivity index (χ1v) is 10.9. The molecule has 174 valence electrons. The van der Waals surface area contributed by atoms with E-state index >= 15 is 0 Å². The van der Waals surface area contributed by atoms with Gasteiger partial charge in [-0.1, -0.05) is 42.5 Å². The first-order chi connectivity index (χ1) is 16.6. The lowest BCUT2D eigenvalue weighted by Crippen LogP contribution is -2.16. The molecule has 0 atom stereocenters. The number of carbonyl (C=O) groups is 1. The molecule has 3 aromatic rings. The van der Waals surface area contributed by atoms with Gasteiger partial charge in [0, 0.05) is 12.0 Å². The van der Waals surface area contributed by atoms with Crippen molar-refractivity contribution in [1.29, 1.82) is 5.26 Å². The number of benzene rings is 2. The molecule has 2 aromatic carbocycles. The van der Waals surface area contributed by atoms with Gasteiger partial charge in [0.2, 0.25) is 5.95 Å². The van der Waals surface area contributed by atoms with Crippen molar-refractivity contribution < 1.29 is 14.3 Å². The van der Waals surface area contributed by atoms with Crippen LogP contribution in [-0.4, -0.2) is 35.4 Å². The van der Waals surface area contributed by atoms with E-state index in [0.717, 1.165) is 12.0 Å². The molecule has 0 saturated carbocycles. The highest BCUT2D eigenvalue weighted by atomic mass is 16.5. The molecule has 0 aliphatic heterocycles. The molecule has 0 aliphatic rings. The molecule has 2 N–H and O–H groups in total. The summed E-state index contributed by atoms with van der Waals surface area (Å²) in [5.74, 6) is 0.603. The van der Waals surface area contributed by atoms with E-state index in [4.69, 9.17) is 9.47 Å². The summed E-state index contributed by atoms with van der Waals surface area (Å²) in [7, 11) is 0. The van der Waals surface area contributed by atoms with E-state index in [9.17, 15) is 14.9 Å². The van der Waals surface area contributed by atoms with Crippen molar-refractivity contribution in [3.8, 4) is 23.1 Å². The quantitative estimate of drug-likeness (QED) is 0.193. The first kappa shape index (κ1) is 24.2. The van der Waals surface area contributed by atoms with Gasteiger partial charge in [-0.2, -0.15) is 10.4 Å². The molecule has 1 aromatic heterocycles. The smallest absolute Gasteiger partial charge is 0.305 e. The van der Waals surface area contributed by atoms with Crippen LogP contribution in [0.2, 0.25) is 0 Å². The average Bonchev–Trinajstić information content (AvgIpc) is 2.84. The maximum Gasteiger partial charge on any atom is 0.305 e. The van der Waals surface area contributed by atoms with Gasteiger partial charge in [0.05, 0.1) is 25.1 Å². The van der Waals surface area contributed by atoms with Gasteiger partial charge in [-0.3, -0.25) is 14.6 Å². The van der Waals surface area contributed by atoms with Gasteiger partial charge >= 0.3 is 5.97 Å². The molecular weight excluding hydrogens is 434 g/mol. The summed E-state index contributed by atoms with van der Waals surface area (Å²) in [6.07, 6.45) is 3.38. The van der Waals surface area contributed by atoms with Crippen molar-refractivity contribution in [3.05, 3.63) is 76.1 Å². The number of nitrogens with zero attached hydrogens (tertiary/aromatic N) is 3. The molecule has 0 unspecified atom stereocenters. The number of aromatic nitrogens is 2. The fraction of sp³-hybridized carbons (Fsp3) is 0.240. The van der Waals surface area contributed by atoms with Crippen molar-refractivity contribution in [2.75, 3.05) is 18.6 Å². The van der Waals surface area contributed by atoms with Gasteiger partial charge < -0.3 is 9.47 Å². The van der Waals surface area contributed by atoms with Crippen LogP contribution in [0.25, 0.3) is 11.3 Å². The van der Waals surface area contributed by atoms with E-state index in [-0.39, 0.29) is 23.2 Å². The Bertz CT molecular complexity index is 1230. The molecule has 0 amide bonds. The number of nitrogens with one attached hydrogen (secondary N) is 2. The largest absolute Gasteiger partial charge is 0.494 e. The van der Waals surface area contributed by atoms with E-state index in [0.29, 0.717) is 37.4 Å². The summed E-state index contributed by atoms with van der Waals surface area (Å²) >= 11 is 0. The number of hydrazone groups is 1. The maximum absolute atomic E-state index is 12.3. The van der Waals surface area contributed by atoms with Crippen LogP contribution < -0.4 is 15.7 Å². The molecule has 3 rings (SSSR count). The van der Waals surface area contributed by atoms with Crippen LogP contribution in [0.1, 0.15) is 37.3 Å². The van der Waals surface area contributed by atoms with Crippen LogP contribution in [0.3, 0.4) is 0 Å². The number of unbranched alkanes of at least 4 members (excludes halogenated alkanes) is 1. The van der Waals surface area contributed by atoms with Crippen molar-refractivity contribution in [1.82, 2.24) is 9.97 Å². The van der Waals surface area contributed by atoms with Crippen molar-refractivity contribution in [2.45, 2.75) is 26.2 Å². The monoisotopic (exact) mass is 459 g/mol. The Balaban J connectivity index is 1.59. The third-order valence-corrected chi connectivity index (χ3v) is 4.67. The van der Waals surface area contributed by atoms with Crippen LogP contribution in [-0.2, 0) is 9.53 Å². The van der Waals surface area contributed by atoms with E-state index in [1.165, 1.54) is 0 Å². The molecule has 0 saturated heterocycles. The summed E-state index contributed by atoms with van der Waals surface area (Å²) in [6, 6.07) is 18.3. The minimum absolute atomic E-state index is 0.0622. The van der Waals surface area contributed by atoms with Crippen LogP contribution >= 0.6 is 0 Å². The number of aromatic amines is 1. The zero-order valence-corrected chi connectivity index (χ0v) is 18.8. The standard InChI is InChI=1S/C25H25N5O4/c1-2-33-22(31)13-6-7-14-34-20-12-8-9-18(15-20)17-27-30-25-28-23(19-10-4-3-5-11-19)21(16-26)24(32)29-25/h3-5,8-12,15,17H,2,6-7,13-14H2,1H3,(H2,28,29,30,32). The Hall–Kier alpha value is -4.45. The van der Waals surface area contributed by atoms with Gasteiger partial charge in [-0.05, 0) is 37.5 Å². The molecule has 1 heterocycles. The highest BCUT2D eigenvalue weighted by Gasteiger charge is 2.12. The van der Waals surface area contributed by atoms with E-state index < -0.39 is 5.56 Å². The van der Waals surface area contributed by atoms with Crippen LogP contribution in [0.4, 0.5) is 5.95 Å². The van der Waals surface area contributed by atoms with Gasteiger partial charge in [-0.15, -0.1) is 0 Å². The lowest BCUT2D eigenvalue weighted by Gasteiger charge is -2.07. The molecular formula is C25H25N5O4. The lowest BCUT2D eigenvalue weighted by molar-refractivity contribution is -0.143. The summed E-state index contributed by atoms with van der Waals surface area (Å²) < 4.78 is 10.6. The predicted molar refractivity (Wildman–Crippen MR) is 129 cm³/mol. The average molecular weight is 460 g/mol. The van der Waals surface area contributed by atoms with Gasteiger partial charge in [-0.25, -0.2) is 10.4 Å². The first-order valence-electron chi connectivity index (χ1n) is 10.9. The van der Waals surface area contributed by atoms with E-state index in [1.54, 1.807) is 37.4 Å². The third-order valence-electron chi connectivity index (χ3n) is 4.67. The number of rotatable bonds is 11. The second-order valence-corrected chi connectivity index (χ2v) is 7.17. The third kappa shape index (κ3) is 7.03. The molecule has 0 aliphatic carbocycles. The number of hydrogen-bond donors (Lipinski definition) is 2. The fourth-order valence-corrected chi connectivity index (χ4v) is 3.08. The molecule has 9 heteroatoms. The number of H-pyrrole nitrogens is 1. The predicted octanol–water partition coefficient (Wildman–Crippen LogP) is 3.87. The Morgan fingerprint density at radius 3 is 2.79 bits per heavy atom. The van der Waals surface area contributed by atoms with Crippen LogP contribution in [0.5, 0.6) is 5.75 Å². The molecule has 0 spiro atoms. The Kier molecular flexibility index (Phi) is 8.93. The van der Waals surface area contributed by atoms with E-state index in [1.807, 2.05) is 36.4 Å². The van der Waals surface area contributed by atoms with Crippen LogP contribution in [0, 0.1) is 11.3 Å².